The van der Waals surface area contributed by atoms with Crippen LogP contribution in [0.25, 0.3) is 0 Å². The zero-order valence-electron chi connectivity index (χ0n) is 9.17. The SMILES string of the molecule is Nc1cc(C(=O)OCc2ccccc2)ccn1. The van der Waals surface area contributed by atoms with Gasteiger partial charge in [-0.25, -0.2) is 9.78 Å². The van der Waals surface area contributed by atoms with Gasteiger partial charge in [0.2, 0.25) is 0 Å². The van der Waals surface area contributed by atoms with Crippen LogP contribution in [-0.4, -0.2) is 11.0 Å². The number of esters is 1. The normalized spacial score (nSPS) is 9.88. The van der Waals surface area contributed by atoms with E-state index in [1.165, 1.54) is 12.3 Å². The molecule has 1 heterocycles. The highest BCUT2D eigenvalue weighted by Gasteiger charge is 2.07. The van der Waals surface area contributed by atoms with E-state index in [1.54, 1.807) is 6.07 Å². The first-order chi connectivity index (χ1) is 8.25. The molecule has 0 spiro atoms. The molecule has 4 heteroatoms. The predicted octanol–water partition coefficient (Wildman–Crippen LogP) is 2.02. The molecule has 4 nitrogen and oxygen atoms in total. The highest BCUT2D eigenvalue weighted by atomic mass is 16.5. The molecule has 86 valence electrons. The number of nitrogens with two attached hydrogens (primary N) is 1. The molecule has 1 aromatic heterocycles. The number of rotatable bonds is 3. The maximum atomic E-state index is 11.7. The van der Waals surface area contributed by atoms with Crippen molar-refractivity contribution in [2.24, 2.45) is 0 Å². The smallest absolute Gasteiger partial charge is 0.338 e. The lowest BCUT2D eigenvalue weighted by atomic mass is 10.2. The maximum Gasteiger partial charge on any atom is 0.338 e. The van der Waals surface area contributed by atoms with Crippen molar-refractivity contribution in [3.8, 4) is 0 Å². The van der Waals surface area contributed by atoms with E-state index in [9.17, 15) is 4.79 Å². The molecular weight excluding hydrogens is 216 g/mol. The van der Waals surface area contributed by atoms with Crippen molar-refractivity contribution >= 4 is 11.8 Å². The fourth-order valence-corrected chi connectivity index (χ4v) is 1.38. The Morgan fingerprint density at radius 2 is 2.00 bits per heavy atom. The lowest BCUT2D eigenvalue weighted by Crippen LogP contribution is -2.06. The monoisotopic (exact) mass is 228 g/mol. The standard InChI is InChI=1S/C13H12N2O2/c14-12-8-11(6-7-15-12)13(16)17-9-10-4-2-1-3-5-10/h1-8H,9H2,(H2,14,15). The molecule has 0 aliphatic heterocycles. The first kappa shape index (κ1) is 11.1. The predicted molar refractivity (Wildman–Crippen MR) is 64.2 cm³/mol. The van der Waals surface area contributed by atoms with Gasteiger partial charge in [-0.2, -0.15) is 0 Å². The Kier molecular flexibility index (Phi) is 3.35. The Morgan fingerprint density at radius 3 is 2.71 bits per heavy atom. The number of aromatic nitrogens is 1. The van der Waals surface area contributed by atoms with Gasteiger partial charge in [0.05, 0.1) is 5.56 Å². The third-order valence-electron chi connectivity index (χ3n) is 2.23. The molecule has 2 N–H and O–H groups in total. The summed E-state index contributed by atoms with van der Waals surface area (Å²) in [6.07, 6.45) is 1.48. The molecule has 0 unspecified atom stereocenters. The Bertz CT molecular complexity index is 512. The molecule has 2 aromatic rings. The largest absolute Gasteiger partial charge is 0.457 e. The molecule has 0 saturated heterocycles. The molecule has 0 bridgehead atoms. The summed E-state index contributed by atoms with van der Waals surface area (Å²) < 4.78 is 5.15. The molecule has 0 amide bonds. The number of ether oxygens (including phenoxy) is 1. The van der Waals surface area contributed by atoms with Crippen LogP contribution in [-0.2, 0) is 11.3 Å². The maximum absolute atomic E-state index is 11.7. The van der Waals surface area contributed by atoms with Gasteiger partial charge in [-0.1, -0.05) is 30.3 Å². The van der Waals surface area contributed by atoms with Gasteiger partial charge in [0.15, 0.2) is 0 Å². The number of carbonyl (C=O) groups excluding carboxylic acids is 1. The van der Waals surface area contributed by atoms with Crippen LogP contribution in [0.1, 0.15) is 15.9 Å². The number of carbonyl (C=O) groups is 1. The van der Waals surface area contributed by atoms with E-state index >= 15 is 0 Å². The lowest BCUT2D eigenvalue weighted by Gasteiger charge is -2.04. The summed E-state index contributed by atoms with van der Waals surface area (Å²) >= 11 is 0. The third kappa shape index (κ3) is 3.04. The van der Waals surface area contributed by atoms with Gasteiger partial charge in [0.1, 0.15) is 12.4 Å². The molecule has 0 aliphatic carbocycles. The second kappa shape index (κ2) is 5.12. The number of hydrogen-bond acceptors (Lipinski definition) is 4. The summed E-state index contributed by atoms with van der Waals surface area (Å²) in [6, 6.07) is 12.6. The van der Waals surface area contributed by atoms with Crippen LogP contribution in [0, 0.1) is 0 Å². The van der Waals surface area contributed by atoms with Gasteiger partial charge >= 0.3 is 5.97 Å². The summed E-state index contributed by atoms with van der Waals surface area (Å²) in [5, 5.41) is 0. The second-order valence-electron chi connectivity index (χ2n) is 3.53. The fraction of sp³-hybridized carbons (Fsp3) is 0.0769. The van der Waals surface area contributed by atoms with Crippen molar-refractivity contribution < 1.29 is 9.53 Å². The number of nitrogens with zero attached hydrogens (tertiary/aromatic N) is 1. The Hall–Kier alpha value is -2.36. The minimum absolute atomic E-state index is 0.252. The van der Waals surface area contributed by atoms with Gasteiger partial charge in [0.25, 0.3) is 0 Å². The van der Waals surface area contributed by atoms with Gasteiger partial charge in [-0.3, -0.25) is 0 Å². The average molecular weight is 228 g/mol. The van der Waals surface area contributed by atoms with E-state index in [0.717, 1.165) is 5.56 Å². The molecule has 0 radical (unpaired) electrons. The summed E-state index contributed by atoms with van der Waals surface area (Å²) in [7, 11) is 0. The summed E-state index contributed by atoms with van der Waals surface area (Å²) in [5.41, 5.74) is 6.84. The third-order valence-corrected chi connectivity index (χ3v) is 2.23. The second-order valence-corrected chi connectivity index (χ2v) is 3.53. The van der Waals surface area contributed by atoms with Gasteiger partial charge < -0.3 is 10.5 Å². The lowest BCUT2D eigenvalue weighted by molar-refractivity contribution is 0.0472. The molecular formula is C13H12N2O2. The first-order valence-corrected chi connectivity index (χ1v) is 5.18. The number of hydrogen-bond donors (Lipinski definition) is 1. The Morgan fingerprint density at radius 1 is 1.24 bits per heavy atom. The van der Waals surface area contributed by atoms with E-state index in [2.05, 4.69) is 4.98 Å². The number of anilines is 1. The number of nitrogen functional groups attached to an aromatic ring is 1. The zero-order chi connectivity index (χ0) is 12.1. The van der Waals surface area contributed by atoms with E-state index in [4.69, 9.17) is 10.5 Å². The van der Waals surface area contributed by atoms with E-state index in [0.29, 0.717) is 11.4 Å². The van der Waals surface area contributed by atoms with Crippen molar-refractivity contribution in [1.82, 2.24) is 4.98 Å². The molecule has 0 atom stereocenters. The highest BCUT2D eigenvalue weighted by Crippen LogP contribution is 2.07. The molecule has 0 aliphatic rings. The average Bonchev–Trinajstić information content (AvgIpc) is 2.37. The van der Waals surface area contributed by atoms with Crippen LogP contribution in [0.3, 0.4) is 0 Å². The summed E-state index contributed by atoms with van der Waals surface area (Å²) in [4.78, 5) is 15.5. The first-order valence-electron chi connectivity index (χ1n) is 5.18. The quantitative estimate of drug-likeness (QED) is 0.816. The van der Waals surface area contributed by atoms with Crippen LogP contribution >= 0.6 is 0 Å². The Balaban J connectivity index is 1.98. The highest BCUT2D eigenvalue weighted by molar-refractivity contribution is 5.89. The van der Waals surface area contributed by atoms with Crippen molar-refractivity contribution in [3.05, 3.63) is 59.8 Å². The topological polar surface area (TPSA) is 65.2 Å². The number of benzene rings is 1. The van der Waals surface area contributed by atoms with Crippen molar-refractivity contribution in [2.75, 3.05) is 5.73 Å². The van der Waals surface area contributed by atoms with Crippen molar-refractivity contribution in [1.29, 1.82) is 0 Å². The number of pyridine rings is 1. The minimum atomic E-state index is -0.400. The van der Waals surface area contributed by atoms with Crippen LogP contribution in [0.15, 0.2) is 48.7 Å². The summed E-state index contributed by atoms with van der Waals surface area (Å²) in [5.74, 6) is -0.0953. The molecule has 0 fully saturated rings. The molecule has 2 rings (SSSR count). The van der Waals surface area contributed by atoms with Gasteiger partial charge in [0, 0.05) is 6.20 Å². The van der Waals surface area contributed by atoms with Crippen LogP contribution in [0.4, 0.5) is 5.82 Å². The van der Waals surface area contributed by atoms with Crippen LogP contribution in [0.2, 0.25) is 0 Å². The summed E-state index contributed by atoms with van der Waals surface area (Å²) in [6.45, 7) is 0.252. The Labute approximate surface area is 99.1 Å². The minimum Gasteiger partial charge on any atom is -0.457 e. The van der Waals surface area contributed by atoms with E-state index in [1.807, 2.05) is 30.3 Å². The zero-order valence-corrected chi connectivity index (χ0v) is 9.17. The van der Waals surface area contributed by atoms with Crippen molar-refractivity contribution in [2.45, 2.75) is 6.61 Å². The van der Waals surface area contributed by atoms with Gasteiger partial charge in [-0.15, -0.1) is 0 Å². The molecule has 1 aromatic carbocycles. The van der Waals surface area contributed by atoms with Crippen LogP contribution < -0.4 is 5.73 Å². The van der Waals surface area contributed by atoms with E-state index < -0.39 is 5.97 Å². The van der Waals surface area contributed by atoms with Crippen molar-refractivity contribution in [3.63, 3.8) is 0 Å². The van der Waals surface area contributed by atoms with E-state index in [-0.39, 0.29) is 6.61 Å². The van der Waals surface area contributed by atoms with Gasteiger partial charge in [-0.05, 0) is 17.7 Å². The molecule has 17 heavy (non-hydrogen) atoms. The van der Waals surface area contributed by atoms with Crippen LogP contribution in [0.5, 0.6) is 0 Å². The molecule has 0 saturated carbocycles. The fourth-order valence-electron chi connectivity index (χ4n) is 1.38.